The van der Waals surface area contributed by atoms with Crippen molar-refractivity contribution in [3.63, 3.8) is 0 Å². The second kappa shape index (κ2) is 30.2. The zero-order valence-electron chi connectivity index (χ0n) is 48.1. The summed E-state index contributed by atoms with van der Waals surface area (Å²) >= 11 is 6.76. The van der Waals surface area contributed by atoms with Crippen molar-refractivity contribution >= 4 is 80.4 Å². The summed E-state index contributed by atoms with van der Waals surface area (Å²) in [5, 5.41) is 20.8. The third-order valence-corrected chi connectivity index (χ3v) is 15.3. The normalized spacial score (nSPS) is 19.5. The van der Waals surface area contributed by atoms with Crippen molar-refractivity contribution in [2.75, 3.05) is 58.2 Å². The topological polar surface area (TPSA) is 302 Å². The van der Waals surface area contributed by atoms with Crippen LogP contribution in [0.1, 0.15) is 95.5 Å². The molecule has 2 aromatic rings. The van der Waals surface area contributed by atoms with E-state index >= 15 is 0 Å². The number of hydrogen-bond acceptors (Lipinski definition) is 17. The van der Waals surface area contributed by atoms with Crippen molar-refractivity contribution in [3.8, 4) is 5.75 Å². The summed E-state index contributed by atoms with van der Waals surface area (Å²) in [6, 6.07) is 6.88. The molecule has 3 heterocycles. The minimum atomic E-state index is -4.96. The van der Waals surface area contributed by atoms with Gasteiger partial charge in [-0.15, -0.1) is 0 Å². The second-order valence-corrected chi connectivity index (χ2v) is 22.0. The molecule has 2 unspecified atom stereocenters. The van der Waals surface area contributed by atoms with E-state index in [2.05, 4.69) is 27.7 Å². The number of likely N-dealkylation sites (N-methyl/N-ethyl adjacent to an activating group) is 1. The molecule has 25 heteroatoms. The molecule has 0 aliphatic carbocycles. The van der Waals surface area contributed by atoms with Crippen molar-refractivity contribution < 1.29 is 75.3 Å². The van der Waals surface area contributed by atoms with Gasteiger partial charge < -0.3 is 43.9 Å². The van der Waals surface area contributed by atoms with Crippen LogP contribution in [0.5, 0.6) is 5.75 Å². The number of cyclic esters (lactones) is 1. The molecule has 2 aromatic carbocycles. The standard InChI is InChI=1S/C58H74ClN7O16S/c1-11-40(38(6)62-63-56(72)43-23-22-41(30-48(43)83(75,76)77)60-50(67)19-14-13-15-26-66-51(68)24-25-52(66)69)21-20-36(4)64(7)33-54(71)81-42(12-2)31-53(70)65(8)44-28-39(29-45(78-9)55(44)59)27-35(3)17-16-18-49(79-10)58(74)32-46(82-57(73)61-58)37(5)47-34-80-47/h11,16-18,20-25,28-30,37,42,46-47,49,74H,4,12-15,19,26-27,31-34H2,1-3,5-10H3,(H,60,67)(H,61,73)(H,63,72)(H,75,76,77)/b18-16+,21-20-,35-17+,40-11+,62-38+/t37?,42-,46+,47?,49-,58+/m1/s1. The van der Waals surface area contributed by atoms with Gasteiger partial charge in [-0.3, -0.25) is 43.5 Å². The molecule has 0 spiro atoms. The van der Waals surface area contributed by atoms with Gasteiger partial charge in [0.1, 0.15) is 40.5 Å². The van der Waals surface area contributed by atoms with E-state index in [9.17, 15) is 51.6 Å². The first-order valence-corrected chi connectivity index (χ1v) is 28.6. The number of epoxide rings is 1. The highest BCUT2D eigenvalue weighted by Crippen LogP contribution is 2.37. The molecule has 2 fully saturated rings. The van der Waals surface area contributed by atoms with Gasteiger partial charge in [-0.2, -0.15) is 13.5 Å². The van der Waals surface area contributed by atoms with Crippen LogP contribution in [0.4, 0.5) is 16.2 Å². The van der Waals surface area contributed by atoms with Gasteiger partial charge in [-0.1, -0.05) is 74.4 Å². The average molecular weight is 1190 g/mol. The van der Waals surface area contributed by atoms with Crippen LogP contribution in [0.25, 0.3) is 0 Å². The van der Waals surface area contributed by atoms with Crippen LogP contribution in [0.15, 0.2) is 112 Å². The Bertz CT molecular complexity index is 3080. The maximum Gasteiger partial charge on any atom is 0.409 e. The Hall–Kier alpha value is -7.48. The zero-order valence-corrected chi connectivity index (χ0v) is 49.6. The van der Waals surface area contributed by atoms with Gasteiger partial charge in [-0.25, -0.2) is 10.2 Å². The SMILES string of the molecule is C=C(\C=C/C(=C\C)C(/C)=N/NC(=O)c1ccc(NC(=O)CCCCCN2C(=O)C=CC2=O)cc1S(=O)(=O)O)N(C)CC(=O)O[C@H](CC)CC(=O)N(C)c1cc(C/C(C)=C/C=C/[C@@H](OC)[C@@]2(O)C[C@@H](C(C)C3CO3)OC(=O)N2)cc(OC)c1Cl. The predicted molar refractivity (Wildman–Crippen MR) is 310 cm³/mol. The Kier molecular flexibility index (Phi) is 24.1. The Balaban J connectivity index is 1.11. The summed E-state index contributed by atoms with van der Waals surface area (Å²) in [4.78, 5) is 92.0. The van der Waals surface area contributed by atoms with E-state index in [1.165, 1.54) is 42.2 Å². The van der Waals surface area contributed by atoms with Crippen LogP contribution < -0.4 is 25.7 Å². The lowest BCUT2D eigenvalue weighted by Crippen LogP contribution is -2.63. The van der Waals surface area contributed by atoms with Crippen LogP contribution in [0.2, 0.25) is 5.02 Å². The number of halogens is 1. The van der Waals surface area contributed by atoms with Crippen LogP contribution in [0, 0.1) is 5.92 Å². The third kappa shape index (κ3) is 19.0. The van der Waals surface area contributed by atoms with E-state index in [4.69, 9.17) is 35.3 Å². The number of carbonyl (C=O) groups is 7. The molecule has 0 radical (unpaired) electrons. The van der Waals surface area contributed by atoms with Crippen molar-refractivity contribution in [1.82, 2.24) is 20.5 Å². The minimum absolute atomic E-state index is 0.00572. The lowest BCUT2D eigenvalue weighted by molar-refractivity contribution is -0.151. The Labute approximate surface area is 488 Å². The fraction of sp³-hybridized carbons (Fsp3) is 0.448. The first kappa shape index (κ1) is 66.3. The number of anilines is 2. The van der Waals surface area contributed by atoms with E-state index in [-0.39, 0.29) is 78.5 Å². The average Bonchev–Trinajstić information content (AvgIpc) is 4.17. The first-order valence-electron chi connectivity index (χ1n) is 26.8. The van der Waals surface area contributed by atoms with Gasteiger partial charge in [0.2, 0.25) is 11.8 Å². The summed E-state index contributed by atoms with van der Waals surface area (Å²) in [6.45, 7) is 13.5. The lowest BCUT2D eigenvalue weighted by Gasteiger charge is -2.41. The summed E-state index contributed by atoms with van der Waals surface area (Å²) < 4.78 is 62.5. The maximum absolute atomic E-state index is 13.8. The Morgan fingerprint density at radius 2 is 1.75 bits per heavy atom. The number of hydrazone groups is 1. The molecular weight excluding hydrogens is 1120 g/mol. The molecule has 23 nitrogen and oxygen atoms in total. The smallest absolute Gasteiger partial charge is 0.409 e. The maximum atomic E-state index is 13.8. The number of alkyl carbamates (subject to hydrolysis) is 1. The molecule has 0 aromatic heterocycles. The molecule has 83 heavy (non-hydrogen) atoms. The van der Waals surface area contributed by atoms with Gasteiger partial charge in [-0.05, 0) is 94.0 Å². The van der Waals surface area contributed by atoms with Crippen molar-refractivity contribution in [3.05, 3.63) is 119 Å². The van der Waals surface area contributed by atoms with E-state index in [0.29, 0.717) is 61.4 Å². The molecule has 3 aliphatic rings. The highest BCUT2D eigenvalue weighted by molar-refractivity contribution is 7.86. The molecule has 0 saturated carbocycles. The van der Waals surface area contributed by atoms with Crippen LogP contribution in [-0.4, -0.2) is 153 Å². The number of aliphatic hydroxyl groups is 1. The van der Waals surface area contributed by atoms with Crippen LogP contribution >= 0.6 is 11.6 Å². The van der Waals surface area contributed by atoms with Gasteiger partial charge >= 0.3 is 12.1 Å². The quantitative estimate of drug-likeness (QED) is 0.00791. The van der Waals surface area contributed by atoms with Gasteiger partial charge in [0.05, 0.1) is 43.2 Å². The number of nitrogens with zero attached hydrogens (tertiary/aromatic N) is 4. The number of allylic oxidation sites excluding steroid dienone is 7. The highest BCUT2D eigenvalue weighted by atomic mass is 35.5. The molecular formula is C58H74ClN7O16S. The zero-order chi connectivity index (χ0) is 61.3. The third-order valence-electron chi connectivity index (χ3n) is 14.0. The fourth-order valence-electron chi connectivity index (χ4n) is 8.95. The monoisotopic (exact) mass is 1190 g/mol. The predicted octanol–water partition coefficient (Wildman–Crippen LogP) is 6.73. The number of nitrogens with one attached hydrogen (secondary N) is 3. The molecule has 3 aliphatic heterocycles. The number of amides is 6. The molecule has 5 rings (SSSR count). The number of ether oxygens (including phenoxy) is 5. The summed E-state index contributed by atoms with van der Waals surface area (Å²) in [6.07, 6.45) is 11.6. The Morgan fingerprint density at radius 1 is 1.05 bits per heavy atom. The minimum Gasteiger partial charge on any atom is -0.495 e. The Morgan fingerprint density at radius 3 is 2.37 bits per heavy atom. The van der Waals surface area contributed by atoms with E-state index in [0.717, 1.165) is 28.2 Å². The number of carbonyl (C=O) groups excluding carboxylic acids is 7. The molecule has 6 atom stereocenters. The van der Waals surface area contributed by atoms with Gasteiger partial charge in [0.15, 0.2) is 5.72 Å². The molecule has 5 N–H and O–H groups in total. The molecule has 2 saturated heterocycles. The second-order valence-electron chi connectivity index (χ2n) is 20.2. The number of unbranched alkanes of at least 4 members (excludes halogenated alkanes) is 2. The summed E-state index contributed by atoms with van der Waals surface area (Å²) in [5.74, 6) is -3.01. The number of benzene rings is 2. The molecule has 450 valence electrons. The number of esters is 1. The van der Waals surface area contributed by atoms with Crippen molar-refractivity contribution in [1.29, 1.82) is 0 Å². The number of methoxy groups -OCH3 is 2. The number of rotatable bonds is 30. The summed E-state index contributed by atoms with van der Waals surface area (Å²) in [7, 11) is 1.11. The molecule has 0 bridgehead atoms. The van der Waals surface area contributed by atoms with E-state index < -0.39 is 68.5 Å². The highest BCUT2D eigenvalue weighted by Gasteiger charge is 2.49. The lowest BCUT2D eigenvalue weighted by atomic mass is 9.89. The summed E-state index contributed by atoms with van der Waals surface area (Å²) in [5.41, 5.74) is 3.31. The fourth-order valence-corrected chi connectivity index (χ4v) is 9.98. The van der Waals surface area contributed by atoms with E-state index in [1.807, 2.05) is 19.9 Å². The first-order chi connectivity index (χ1) is 39.2. The number of hydrogen-bond donors (Lipinski definition) is 5. The molecule has 6 amide bonds. The van der Waals surface area contributed by atoms with Crippen LogP contribution in [0.3, 0.4) is 0 Å². The van der Waals surface area contributed by atoms with E-state index in [1.54, 1.807) is 77.4 Å². The van der Waals surface area contributed by atoms with Gasteiger partial charge in [0.25, 0.3) is 27.8 Å². The van der Waals surface area contributed by atoms with Crippen molar-refractivity contribution in [2.24, 2.45) is 11.0 Å². The largest absolute Gasteiger partial charge is 0.495 e. The number of imide groups is 1. The van der Waals surface area contributed by atoms with Gasteiger partial charge in [0, 0.05) is 70.0 Å². The van der Waals surface area contributed by atoms with Crippen LogP contribution in [-0.2, 0) is 59.5 Å². The van der Waals surface area contributed by atoms with Crippen molar-refractivity contribution in [2.45, 2.75) is 121 Å².